The quantitative estimate of drug-likeness (QED) is 0.824. The largest absolute Gasteiger partial charge is 0.300 e. The van der Waals surface area contributed by atoms with Crippen molar-refractivity contribution < 1.29 is 4.79 Å². The van der Waals surface area contributed by atoms with Gasteiger partial charge < -0.3 is 4.57 Å². The van der Waals surface area contributed by atoms with E-state index >= 15 is 0 Å². The Morgan fingerprint density at radius 2 is 1.96 bits per heavy atom. The number of halogens is 2. The Balaban J connectivity index is 2.30. The summed E-state index contributed by atoms with van der Waals surface area (Å²) < 4.78 is 1.51. The Morgan fingerprint density at radius 1 is 1.25 bits per heavy atom. The predicted octanol–water partition coefficient (Wildman–Crippen LogP) is 4.29. The highest BCUT2D eigenvalue weighted by Crippen LogP contribution is 2.35. The van der Waals surface area contributed by atoms with Crippen LogP contribution in [0.4, 0.5) is 0 Å². The number of rotatable bonds is 1. The molecule has 0 spiro atoms. The summed E-state index contributed by atoms with van der Waals surface area (Å²) in [6, 6.07) is 7.05. The summed E-state index contributed by atoms with van der Waals surface area (Å²) in [5, 5.41) is 18.7. The molecule has 0 fully saturated rings. The maximum Gasteiger partial charge on any atom is 0.165 e. The molecule has 0 amide bonds. The first-order valence-electron chi connectivity index (χ1n) is 7.45. The molecule has 1 aliphatic rings. The zero-order valence-electron chi connectivity index (χ0n) is 13.3. The number of nitrogens with zero attached hydrogens (tertiary/aromatic N) is 2. The highest BCUT2D eigenvalue weighted by molar-refractivity contribution is 6.42. The summed E-state index contributed by atoms with van der Waals surface area (Å²) in [5.74, 6) is -0.00781. The number of Topliss-reactive ketones (excluding diaryl/α,β-unsaturated/α-hetero) is 1. The van der Waals surface area contributed by atoms with E-state index in [1.54, 1.807) is 24.4 Å². The number of fused-ring (bicyclic) bond motifs is 1. The third-order valence-corrected chi connectivity index (χ3v) is 4.99. The van der Waals surface area contributed by atoms with Gasteiger partial charge in [-0.1, -0.05) is 37.0 Å². The van der Waals surface area contributed by atoms with Crippen LogP contribution >= 0.6 is 23.2 Å². The summed E-state index contributed by atoms with van der Waals surface area (Å²) in [6.07, 6.45) is 2.66. The number of pyridine rings is 1. The molecule has 0 atom stereocenters. The topological polar surface area (TPSA) is 69.6 Å². The van der Waals surface area contributed by atoms with Crippen LogP contribution in [0.25, 0.3) is 5.69 Å². The average Bonchev–Trinajstić information content (AvgIpc) is 2.49. The van der Waals surface area contributed by atoms with Crippen LogP contribution in [0, 0.1) is 22.2 Å². The molecule has 1 aromatic carbocycles. The Bertz CT molecular complexity index is 967. The van der Waals surface area contributed by atoms with Crippen molar-refractivity contribution in [3.63, 3.8) is 0 Å². The first kappa shape index (κ1) is 16.8. The van der Waals surface area contributed by atoms with Crippen LogP contribution in [0.5, 0.6) is 0 Å². The first-order valence-corrected chi connectivity index (χ1v) is 8.21. The molecule has 0 unspecified atom stereocenters. The monoisotopic (exact) mass is 359 g/mol. The van der Waals surface area contributed by atoms with Gasteiger partial charge >= 0.3 is 0 Å². The third kappa shape index (κ3) is 2.75. The van der Waals surface area contributed by atoms with Gasteiger partial charge in [0.25, 0.3) is 0 Å². The van der Waals surface area contributed by atoms with Crippen molar-refractivity contribution in [1.29, 1.82) is 10.7 Å². The van der Waals surface area contributed by atoms with E-state index in [1.165, 1.54) is 4.57 Å². The van der Waals surface area contributed by atoms with E-state index in [9.17, 15) is 10.1 Å². The van der Waals surface area contributed by atoms with Crippen molar-refractivity contribution in [2.75, 3.05) is 0 Å². The van der Waals surface area contributed by atoms with Crippen LogP contribution in [-0.2, 0) is 6.42 Å². The molecular weight excluding hydrogens is 345 g/mol. The lowest BCUT2D eigenvalue weighted by molar-refractivity contribution is 0.0911. The van der Waals surface area contributed by atoms with Crippen molar-refractivity contribution in [3.05, 3.63) is 56.6 Å². The van der Waals surface area contributed by atoms with Crippen LogP contribution in [-0.4, -0.2) is 10.4 Å². The number of aromatic nitrogens is 1. The molecule has 4 nitrogen and oxygen atoms in total. The van der Waals surface area contributed by atoms with E-state index in [2.05, 4.69) is 6.07 Å². The smallest absolute Gasteiger partial charge is 0.165 e. The van der Waals surface area contributed by atoms with Crippen LogP contribution < -0.4 is 5.49 Å². The van der Waals surface area contributed by atoms with Gasteiger partial charge in [-0.2, -0.15) is 5.26 Å². The molecule has 24 heavy (non-hydrogen) atoms. The fourth-order valence-electron chi connectivity index (χ4n) is 3.12. The highest BCUT2D eigenvalue weighted by Gasteiger charge is 2.33. The molecule has 6 heteroatoms. The van der Waals surface area contributed by atoms with Crippen LogP contribution in [0.3, 0.4) is 0 Å². The van der Waals surface area contributed by atoms with Crippen molar-refractivity contribution in [2.24, 2.45) is 5.41 Å². The second kappa shape index (κ2) is 5.77. The van der Waals surface area contributed by atoms with Crippen molar-refractivity contribution >= 4 is 29.0 Å². The Labute approximate surface area is 149 Å². The van der Waals surface area contributed by atoms with E-state index < -0.39 is 0 Å². The number of carbonyl (C=O) groups excluding carboxylic acids is 1. The lowest BCUT2D eigenvalue weighted by Gasteiger charge is -2.31. The maximum absolute atomic E-state index is 12.6. The Morgan fingerprint density at radius 3 is 2.58 bits per heavy atom. The summed E-state index contributed by atoms with van der Waals surface area (Å²) in [5.41, 5.74) is 1.83. The molecule has 0 bridgehead atoms. The Hall–Kier alpha value is -2.09. The zero-order chi connectivity index (χ0) is 17.6. The minimum Gasteiger partial charge on any atom is -0.300 e. The Kier molecular flexibility index (Phi) is 4.03. The zero-order valence-corrected chi connectivity index (χ0v) is 14.8. The summed E-state index contributed by atoms with van der Waals surface area (Å²) in [4.78, 5) is 12.6. The molecule has 1 heterocycles. The van der Waals surface area contributed by atoms with Crippen molar-refractivity contribution in [2.45, 2.75) is 26.7 Å². The highest BCUT2D eigenvalue weighted by atomic mass is 35.5. The fraction of sp³-hybridized carbons (Fsp3) is 0.278. The van der Waals surface area contributed by atoms with Crippen LogP contribution in [0.1, 0.15) is 41.8 Å². The predicted molar refractivity (Wildman–Crippen MR) is 92.8 cm³/mol. The van der Waals surface area contributed by atoms with E-state index in [-0.39, 0.29) is 22.2 Å². The molecule has 0 saturated carbocycles. The van der Waals surface area contributed by atoms with Gasteiger partial charge in [0.05, 0.1) is 15.6 Å². The summed E-state index contributed by atoms with van der Waals surface area (Å²) in [6.45, 7) is 4.00. The van der Waals surface area contributed by atoms with E-state index in [1.807, 2.05) is 13.8 Å². The lowest BCUT2D eigenvalue weighted by atomic mass is 9.73. The molecule has 1 aromatic heterocycles. The number of nitriles is 1. The molecule has 122 valence electrons. The van der Waals surface area contributed by atoms with Crippen molar-refractivity contribution in [3.8, 4) is 11.8 Å². The third-order valence-electron chi connectivity index (χ3n) is 4.25. The molecule has 1 aliphatic carbocycles. The van der Waals surface area contributed by atoms with Gasteiger partial charge in [0.1, 0.15) is 11.6 Å². The summed E-state index contributed by atoms with van der Waals surface area (Å²) in [7, 11) is 0. The molecular formula is C18H15Cl2N3O. The van der Waals surface area contributed by atoms with Gasteiger partial charge in [-0.15, -0.1) is 0 Å². The molecule has 3 rings (SSSR count). The van der Waals surface area contributed by atoms with Gasteiger partial charge in [-0.3, -0.25) is 10.2 Å². The maximum atomic E-state index is 12.6. The molecule has 1 N–H and O–H groups in total. The number of ketones is 1. The number of hydrogen-bond acceptors (Lipinski definition) is 3. The SMILES string of the molecule is CC1(C)CC(=O)c2cn(-c3ccc(Cl)c(Cl)c3)c(=N)c(C#N)c2C1. The second-order valence-electron chi connectivity index (χ2n) is 6.77. The standard InChI is InChI=1S/C18H15Cl2N3O/c1-18(2)6-11-12(8-21)17(22)23(9-13(11)16(24)7-18)10-3-4-14(19)15(20)5-10/h3-5,9,22H,6-7H2,1-2H3. The number of carbonyl (C=O) groups is 1. The van der Waals surface area contributed by atoms with Crippen molar-refractivity contribution in [1.82, 2.24) is 4.57 Å². The van der Waals surface area contributed by atoms with Crippen LogP contribution in [0.15, 0.2) is 24.4 Å². The molecule has 0 radical (unpaired) electrons. The number of hydrogen-bond donors (Lipinski definition) is 1. The van der Waals surface area contributed by atoms with Crippen LogP contribution in [0.2, 0.25) is 10.0 Å². The lowest BCUT2D eigenvalue weighted by Crippen LogP contribution is -2.33. The average molecular weight is 360 g/mol. The molecule has 2 aromatic rings. The normalized spacial score (nSPS) is 15.7. The van der Waals surface area contributed by atoms with E-state index in [0.717, 1.165) is 0 Å². The van der Waals surface area contributed by atoms with Gasteiger partial charge in [0, 0.05) is 23.9 Å². The first-order chi connectivity index (χ1) is 11.2. The minimum absolute atomic E-state index is 0.00781. The van der Waals surface area contributed by atoms with E-state index in [4.69, 9.17) is 28.6 Å². The number of nitrogens with one attached hydrogen (secondary N) is 1. The van der Waals surface area contributed by atoms with Gasteiger partial charge in [-0.25, -0.2) is 0 Å². The summed E-state index contributed by atoms with van der Waals surface area (Å²) >= 11 is 12.0. The number of benzene rings is 1. The fourth-order valence-corrected chi connectivity index (χ4v) is 3.42. The molecule has 0 saturated heterocycles. The second-order valence-corrected chi connectivity index (χ2v) is 7.58. The van der Waals surface area contributed by atoms with E-state index in [0.29, 0.717) is 39.7 Å². The molecule has 0 aliphatic heterocycles. The van der Waals surface area contributed by atoms with Gasteiger partial charge in [0.2, 0.25) is 0 Å². The minimum atomic E-state index is -0.210. The van der Waals surface area contributed by atoms with Gasteiger partial charge in [-0.05, 0) is 35.6 Å². The van der Waals surface area contributed by atoms with Gasteiger partial charge in [0.15, 0.2) is 5.78 Å².